The van der Waals surface area contributed by atoms with Gasteiger partial charge in [0.25, 0.3) is 0 Å². The van der Waals surface area contributed by atoms with E-state index >= 15 is 0 Å². The largest absolute Gasteiger partial charge is 0.384 e. The predicted molar refractivity (Wildman–Crippen MR) is 116 cm³/mol. The van der Waals surface area contributed by atoms with Gasteiger partial charge in [-0.15, -0.1) is 0 Å². The van der Waals surface area contributed by atoms with Gasteiger partial charge in [0.2, 0.25) is 0 Å². The number of rotatable bonds is 4. The summed E-state index contributed by atoms with van der Waals surface area (Å²) in [5.41, 5.74) is 13.4. The third-order valence-corrected chi connectivity index (χ3v) is 5.19. The van der Waals surface area contributed by atoms with Gasteiger partial charge in [-0.3, -0.25) is 9.97 Å². The molecule has 0 atom stereocenters. The Morgan fingerprint density at radius 2 is 1.87 bits per heavy atom. The lowest BCUT2D eigenvalue weighted by Crippen LogP contribution is -2.00. The fourth-order valence-corrected chi connectivity index (χ4v) is 3.77. The van der Waals surface area contributed by atoms with Crippen LogP contribution < -0.4 is 5.73 Å². The van der Waals surface area contributed by atoms with Crippen molar-refractivity contribution in [1.82, 2.24) is 24.7 Å². The van der Waals surface area contributed by atoms with Crippen LogP contribution in [-0.2, 0) is 6.54 Å². The third-order valence-electron chi connectivity index (χ3n) is 5.19. The number of hydrogen-bond donors (Lipinski definition) is 1. The van der Waals surface area contributed by atoms with Gasteiger partial charge in [0.1, 0.15) is 11.6 Å². The summed E-state index contributed by atoms with van der Waals surface area (Å²) in [4.78, 5) is 13.5. The summed E-state index contributed by atoms with van der Waals surface area (Å²) in [6, 6.07) is 11.8. The Hall–Kier alpha value is -4.00. The Balaban J connectivity index is 1.71. The maximum absolute atomic E-state index is 5.77. The quantitative estimate of drug-likeness (QED) is 0.484. The number of anilines is 1. The molecule has 0 aliphatic heterocycles. The van der Waals surface area contributed by atoms with Crippen molar-refractivity contribution in [3.8, 4) is 22.3 Å². The number of hydrogen-bond acceptors (Lipinski definition) is 6. The van der Waals surface area contributed by atoms with Gasteiger partial charge in [0.05, 0.1) is 29.0 Å². The molecular formula is C23H20N6O. The molecule has 5 rings (SSSR count). The SMILES string of the molecule is Cc1noc(C)c1-c1cnc2c(-c3ccc(N)nc3)cn(Cc3ccccn3)c2c1. The first-order valence-electron chi connectivity index (χ1n) is 9.64. The lowest BCUT2D eigenvalue weighted by molar-refractivity contribution is 0.393. The molecule has 30 heavy (non-hydrogen) atoms. The molecule has 7 heteroatoms. The molecule has 7 nitrogen and oxygen atoms in total. The highest BCUT2D eigenvalue weighted by Gasteiger charge is 2.17. The smallest absolute Gasteiger partial charge is 0.141 e. The summed E-state index contributed by atoms with van der Waals surface area (Å²) in [7, 11) is 0. The zero-order valence-electron chi connectivity index (χ0n) is 16.7. The van der Waals surface area contributed by atoms with E-state index in [1.165, 1.54) is 0 Å². The van der Waals surface area contributed by atoms with Crippen LogP contribution in [0.2, 0.25) is 0 Å². The molecule has 0 radical (unpaired) electrons. The van der Waals surface area contributed by atoms with Crippen LogP contribution in [0.4, 0.5) is 5.82 Å². The van der Waals surface area contributed by atoms with Crippen LogP contribution in [0.15, 0.2) is 65.7 Å². The second-order valence-corrected chi connectivity index (χ2v) is 7.25. The molecule has 5 aromatic heterocycles. The summed E-state index contributed by atoms with van der Waals surface area (Å²) in [5.74, 6) is 1.27. The van der Waals surface area contributed by atoms with Crippen LogP contribution in [0, 0.1) is 13.8 Å². The number of pyridine rings is 3. The van der Waals surface area contributed by atoms with Crippen molar-refractivity contribution in [3.05, 3.63) is 78.3 Å². The Labute approximate surface area is 173 Å². The second-order valence-electron chi connectivity index (χ2n) is 7.25. The second kappa shape index (κ2) is 7.11. The lowest BCUT2D eigenvalue weighted by Gasteiger charge is -2.06. The Morgan fingerprint density at radius 3 is 2.57 bits per heavy atom. The van der Waals surface area contributed by atoms with E-state index in [1.54, 1.807) is 18.5 Å². The fraction of sp³-hybridized carbons (Fsp3) is 0.130. The molecule has 0 amide bonds. The Bertz CT molecular complexity index is 1320. The normalized spacial score (nSPS) is 11.3. The van der Waals surface area contributed by atoms with Crippen molar-refractivity contribution in [2.24, 2.45) is 0 Å². The van der Waals surface area contributed by atoms with Gasteiger partial charge in [0.15, 0.2) is 0 Å². The molecule has 5 heterocycles. The summed E-state index contributed by atoms with van der Waals surface area (Å²) in [6.07, 6.45) is 7.54. The minimum absolute atomic E-state index is 0.490. The van der Waals surface area contributed by atoms with Crippen LogP contribution in [0.25, 0.3) is 33.3 Å². The lowest BCUT2D eigenvalue weighted by atomic mass is 10.0. The Kier molecular flexibility index (Phi) is 4.28. The van der Waals surface area contributed by atoms with E-state index in [1.807, 2.05) is 44.3 Å². The van der Waals surface area contributed by atoms with E-state index in [4.69, 9.17) is 15.2 Å². The summed E-state index contributed by atoms with van der Waals surface area (Å²) in [5, 5.41) is 4.08. The van der Waals surface area contributed by atoms with E-state index in [0.717, 1.165) is 50.4 Å². The van der Waals surface area contributed by atoms with Gasteiger partial charge in [-0.1, -0.05) is 11.2 Å². The van der Waals surface area contributed by atoms with E-state index in [-0.39, 0.29) is 0 Å². The number of aromatic nitrogens is 5. The molecule has 0 unspecified atom stereocenters. The van der Waals surface area contributed by atoms with Crippen LogP contribution in [0.1, 0.15) is 17.1 Å². The predicted octanol–water partition coefficient (Wildman–Crippen LogP) is 4.40. The maximum atomic E-state index is 5.77. The highest BCUT2D eigenvalue weighted by Crippen LogP contribution is 2.34. The summed E-state index contributed by atoms with van der Waals surface area (Å²) >= 11 is 0. The van der Waals surface area contributed by atoms with Crippen LogP contribution in [0.3, 0.4) is 0 Å². The number of nitrogen functional groups attached to an aromatic ring is 1. The van der Waals surface area contributed by atoms with Crippen LogP contribution in [0.5, 0.6) is 0 Å². The van der Waals surface area contributed by atoms with Gasteiger partial charge in [-0.05, 0) is 44.2 Å². The van der Waals surface area contributed by atoms with Crippen molar-refractivity contribution in [2.45, 2.75) is 20.4 Å². The molecule has 0 saturated heterocycles. The van der Waals surface area contributed by atoms with Gasteiger partial charge in [0, 0.05) is 47.0 Å². The summed E-state index contributed by atoms with van der Waals surface area (Å²) in [6.45, 7) is 4.48. The Morgan fingerprint density at radius 1 is 1.00 bits per heavy atom. The molecule has 0 saturated carbocycles. The first-order valence-corrected chi connectivity index (χ1v) is 9.64. The molecular weight excluding hydrogens is 376 g/mol. The number of aryl methyl sites for hydroxylation is 2. The highest BCUT2D eigenvalue weighted by molar-refractivity contribution is 5.95. The van der Waals surface area contributed by atoms with Crippen LogP contribution >= 0.6 is 0 Å². The average Bonchev–Trinajstić information content (AvgIpc) is 3.28. The number of nitrogens with two attached hydrogens (primary N) is 1. The van der Waals surface area contributed by atoms with Gasteiger partial charge in [-0.2, -0.15) is 0 Å². The van der Waals surface area contributed by atoms with Crippen LogP contribution in [-0.4, -0.2) is 24.7 Å². The first-order chi connectivity index (χ1) is 14.6. The topological polar surface area (TPSA) is 95.6 Å². The number of nitrogens with zero attached hydrogens (tertiary/aromatic N) is 5. The molecule has 0 spiro atoms. The zero-order chi connectivity index (χ0) is 20.7. The maximum Gasteiger partial charge on any atom is 0.141 e. The first kappa shape index (κ1) is 18.1. The molecule has 2 N–H and O–H groups in total. The standard InChI is InChI=1S/C23H20N6O/c1-14-22(15(2)30-28-14)17-9-20-23(27-11-17)19(16-6-7-21(24)26-10-16)13-29(20)12-18-5-3-4-8-25-18/h3-11,13H,12H2,1-2H3,(H2,24,26). The molecule has 0 aliphatic rings. The molecule has 0 fully saturated rings. The van der Waals surface area contributed by atoms with E-state index in [9.17, 15) is 0 Å². The molecule has 148 valence electrons. The van der Waals surface area contributed by atoms with E-state index < -0.39 is 0 Å². The van der Waals surface area contributed by atoms with E-state index in [0.29, 0.717) is 12.4 Å². The fourth-order valence-electron chi connectivity index (χ4n) is 3.77. The minimum Gasteiger partial charge on any atom is -0.384 e. The number of fused-ring (bicyclic) bond motifs is 1. The van der Waals surface area contributed by atoms with Crippen molar-refractivity contribution in [3.63, 3.8) is 0 Å². The van der Waals surface area contributed by atoms with Gasteiger partial charge < -0.3 is 14.8 Å². The van der Waals surface area contributed by atoms with Crippen molar-refractivity contribution in [1.29, 1.82) is 0 Å². The molecule has 0 aliphatic carbocycles. The van der Waals surface area contributed by atoms with Crippen molar-refractivity contribution in [2.75, 3.05) is 5.73 Å². The molecule has 0 aromatic carbocycles. The van der Waals surface area contributed by atoms with E-state index in [2.05, 4.69) is 32.0 Å². The zero-order valence-corrected chi connectivity index (χ0v) is 16.7. The third kappa shape index (κ3) is 3.10. The van der Waals surface area contributed by atoms with Crippen molar-refractivity contribution < 1.29 is 4.52 Å². The van der Waals surface area contributed by atoms with Gasteiger partial charge in [-0.25, -0.2) is 4.98 Å². The average molecular weight is 396 g/mol. The van der Waals surface area contributed by atoms with Gasteiger partial charge >= 0.3 is 0 Å². The molecule has 5 aromatic rings. The summed E-state index contributed by atoms with van der Waals surface area (Å²) < 4.78 is 7.52. The van der Waals surface area contributed by atoms with Crippen molar-refractivity contribution >= 4 is 16.9 Å². The minimum atomic E-state index is 0.490. The monoisotopic (exact) mass is 396 g/mol. The molecule has 0 bridgehead atoms. The highest BCUT2D eigenvalue weighted by atomic mass is 16.5.